The predicted molar refractivity (Wildman–Crippen MR) is 138 cm³/mol. The van der Waals surface area contributed by atoms with Gasteiger partial charge in [-0.3, -0.25) is 9.48 Å². The summed E-state index contributed by atoms with van der Waals surface area (Å²) >= 11 is 0. The summed E-state index contributed by atoms with van der Waals surface area (Å²) in [7, 11) is -3.57. The second kappa shape index (κ2) is 10.3. The first-order valence-electron chi connectivity index (χ1n) is 12.2. The van der Waals surface area contributed by atoms with Crippen molar-refractivity contribution in [3.05, 3.63) is 76.6 Å². The molecule has 0 unspecified atom stereocenters. The maximum atomic E-state index is 13.3. The van der Waals surface area contributed by atoms with Crippen LogP contribution in [-0.4, -0.2) is 41.5 Å². The van der Waals surface area contributed by atoms with Crippen LogP contribution in [0.5, 0.6) is 0 Å². The molecular formula is C27H34N4O3S. The first kappa shape index (κ1) is 25.1. The molecule has 7 nitrogen and oxygen atoms in total. The van der Waals surface area contributed by atoms with E-state index in [0.29, 0.717) is 47.4 Å². The van der Waals surface area contributed by atoms with Gasteiger partial charge in [-0.2, -0.15) is 9.40 Å². The van der Waals surface area contributed by atoms with Gasteiger partial charge in [-0.1, -0.05) is 38.1 Å². The number of benzene rings is 2. The van der Waals surface area contributed by atoms with E-state index in [1.807, 2.05) is 43.3 Å². The molecule has 2 aromatic carbocycles. The number of aryl methyl sites for hydroxylation is 2. The first-order chi connectivity index (χ1) is 16.7. The topological polar surface area (TPSA) is 84.3 Å². The Kier molecular flexibility index (Phi) is 7.42. The molecule has 0 saturated carbocycles. The van der Waals surface area contributed by atoms with Gasteiger partial charge in [0.1, 0.15) is 4.90 Å². The molecule has 1 saturated heterocycles. The maximum absolute atomic E-state index is 13.3. The fraction of sp³-hybridized carbons (Fsp3) is 0.407. The van der Waals surface area contributed by atoms with Crippen molar-refractivity contribution in [2.24, 2.45) is 5.92 Å². The average Bonchev–Trinajstić information content (AvgIpc) is 3.13. The Hall–Kier alpha value is -2.97. The number of nitrogens with one attached hydrogen (secondary N) is 1. The van der Waals surface area contributed by atoms with E-state index in [4.69, 9.17) is 0 Å². The van der Waals surface area contributed by atoms with Crippen LogP contribution in [0.3, 0.4) is 0 Å². The summed E-state index contributed by atoms with van der Waals surface area (Å²) in [6, 6.07) is 15.2. The van der Waals surface area contributed by atoms with Crippen molar-refractivity contribution in [1.82, 2.24) is 14.1 Å². The third-order valence-corrected chi connectivity index (χ3v) is 8.98. The van der Waals surface area contributed by atoms with E-state index in [1.165, 1.54) is 5.56 Å². The second-order valence-corrected chi connectivity index (χ2v) is 11.3. The Morgan fingerprint density at radius 3 is 2.20 bits per heavy atom. The van der Waals surface area contributed by atoms with E-state index < -0.39 is 10.0 Å². The van der Waals surface area contributed by atoms with Gasteiger partial charge in [0.05, 0.1) is 17.9 Å². The van der Waals surface area contributed by atoms with Crippen molar-refractivity contribution >= 4 is 21.6 Å². The highest BCUT2D eigenvalue weighted by Gasteiger charge is 2.33. The van der Waals surface area contributed by atoms with Crippen LogP contribution in [-0.2, 0) is 23.0 Å². The van der Waals surface area contributed by atoms with Gasteiger partial charge < -0.3 is 5.32 Å². The highest BCUT2D eigenvalue weighted by molar-refractivity contribution is 7.89. The minimum absolute atomic E-state index is 0.170. The van der Waals surface area contributed by atoms with Crippen LogP contribution in [0.1, 0.15) is 59.6 Å². The second-order valence-electron chi connectivity index (χ2n) is 9.45. The number of piperidine rings is 1. The van der Waals surface area contributed by atoms with E-state index >= 15 is 0 Å². The lowest BCUT2D eigenvalue weighted by atomic mass is 10.0. The number of anilines is 1. The van der Waals surface area contributed by atoms with Crippen LogP contribution in [0.2, 0.25) is 0 Å². The smallest absolute Gasteiger partial charge is 0.255 e. The summed E-state index contributed by atoms with van der Waals surface area (Å²) in [5.74, 6) is 0.383. The highest BCUT2D eigenvalue weighted by Crippen LogP contribution is 2.28. The molecule has 186 valence electrons. The molecule has 0 bridgehead atoms. The van der Waals surface area contributed by atoms with Crippen molar-refractivity contribution in [2.75, 3.05) is 18.4 Å². The Morgan fingerprint density at radius 2 is 1.60 bits per heavy atom. The minimum atomic E-state index is -3.57. The molecule has 1 amide bonds. The molecule has 4 rings (SSSR count). The van der Waals surface area contributed by atoms with Gasteiger partial charge in [0.25, 0.3) is 5.91 Å². The molecule has 8 heteroatoms. The molecule has 2 heterocycles. The van der Waals surface area contributed by atoms with Gasteiger partial charge in [0, 0.05) is 24.3 Å². The summed E-state index contributed by atoms with van der Waals surface area (Å²) in [6.45, 7) is 9.36. The maximum Gasteiger partial charge on any atom is 0.255 e. The van der Waals surface area contributed by atoms with E-state index in [2.05, 4.69) is 24.3 Å². The lowest BCUT2D eigenvalue weighted by molar-refractivity contribution is 0.102. The molecule has 1 aliphatic rings. The molecule has 1 N–H and O–H groups in total. The molecular weight excluding hydrogens is 460 g/mol. The van der Waals surface area contributed by atoms with E-state index in [-0.39, 0.29) is 5.91 Å². The number of aromatic nitrogens is 2. The number of rotatable bonds is 7. The molecule has 1 aromatic heterocycles. The lowest BCUT2D eigenvalue weighted by Gasteiger charge is -2.29. The van der Waals surface area contributed by atoms with Crippen molar-refractivity contribution in [1.29, 1.82) is 0 Å². The standard InChI is InChI=1S/C27H34N4O3S/c1-5-22-8-12-25(13-9-22)28-27(32)24-10-6-23(7-11-24)18-31-21(4)26(20(3)29-31)35(33,34)30-16-14-19(2)15-17-30/h6-13,19H,5,14-18H2,1-4H3,(H,28,32). The molecule has 0 radical (unpaired) electrons. The Balaban J connectivity index is 1.46. The molecule has 1 fully saturated rings. The number of sulfonamides is 1. The van der Waals surface area contributed by atoms with Crippen LogP contribution >= 0.6 is 0 Å². The van der Waals surface area contributed by atoms with Gasteiger partial charge in [-0.25, -0.2) is 8.42 Å². The van der Waals surface area contributed by atoms with Crippen molar-refractivity contribution < 1.29 is 13.2 Å². The van der Waals surface area contributed by atoms with Gasteiger partial charge in [0.2, 0.25) is 10.0 Å². The molecule has 0 aliphatic carbocycles. The summed E-state index contributed by atoms with van der Waals surface area (Å²) in [5, 5.41) is 7.46. The number of nitrogens with zero attached hydrogens (tertiary/aromatic N) is 3. The Bertz CT molecular complexity index is 1290. The molecule has 0 spiro atoms. The van der Waals surface area contributed by atoms with Crippen LogP contribution in [0.4, 0.5) is 5.69 Å². The Morgan fingerprint density at radius 1 is 1.00 bits per heavy atom. The Labute approximate surface area is 208 Å². The minimum Gasteiger partial charge on any atom is -0.322 e. The van der Waals surface area contributed by atoms with Gasteiger partial charge in [0.15, 0.2) is 0 Å². The van der Waals surface area contributed by atoms with Crippen LogP contribution < -0.4 is 5.32 Å². The predicted octanol–water partition coefficient (Wildman–Crippen LogP) is 4.78. The van der Waals surface area contributed by atoms with Gasteiger partial charge >= 0.3 is 0 Å². The monoisotopic (exact) mass is 494 g/mol. The molecule has 3 aromatic rings. The third-order valence-electron chi connectivity index (χ3n) is 6.82. The number of carbonyl (C=O) groups is 1. The zero-order chi connectivity index (χ0) is 25.2. The van der Waals surface area contributed by atoms with Crippen molar-refractivity contribution in [2.45, 2.75) is 58.4 Å². The SMILES string of the molecule is CCc1ccc(NC(=O)c2ccc(Cn3nc(C)c(S(=O)(=O)N4CCC(C)CC4)c3C)cc2)cc1. The fourth-order valence-corrected chi connectivity index (χ4v) is 6.37. The van der Waals surface area contributed by atoms with Crippen LogP contribution in [0, 0.1) is 19.8 Å². The normalized spacial score (nSPS) is 15.3. The van der Waals surface area contributed by atoms with E-state index in [9.17, 15) is 13.2 Å². The molecule has 1 aliphatic heterocycles. The molecule has 0 atom stereocenters. The van der Waals surface area contributed by atoms with Gasteiger partial charge in [-0.05, 0) is 74.4 Å². The van der Waals surface area contributed by atoms with Gasteiger partial charge in [-0.15, -0.1) is 0 Å². The first-order valence-corrected chi connectivity index (χ1v) is 13.7. The van der Waals surface area contributed by atoms with Crippen molar-refractivity contribution in [3.8, 4) is 0 Å². The highest BCUT2D eigenvalue weighted by atomic mass is 32.2. The molecule has 35 heavy (non-hydrogen) atoms. The average molecular weight is 495 g/mol. The number of amides is 1. The van der Waals surface area contributed by atoms with Crippen LogP contribution in [0.25, 0.3) is 0 Å². The largest absolute Gasteiger partial charge is 0.322 e. The summed E-state index contributed by atoms with van der Waals surface area (Å²) in [6.07, 6.45) is 2.72. The van der Waals surface area contributed by atoms with Crippen LogP contribution in [0.15, 0.2) is 53.4 Å². The third kappa shape index (κ3) is 5.49. The number of carbonyl (C=O) groups excluding carboxylic acids is 1. The number of hydrogen-bond acceptors (Lipinski definition) is 4. The van der Waals surface area contributed by atoms with Crippen molar-refractivity contribution in [3.63, 3.8) is 0 Å². The summed E-state index contributed by atoms with van der Waals surface area (Å²) < 4.78 is 30.0. The zero-order valence-electron chi connectivity index (χ0n) is 20.9. The van der Waals surface area contributed by atoms with E-state index in [0.717, 1.165) is 30.5 Å². The quantitative estimate of drug-likeness (QED) is 0.512. The fourth-order valence-electron chi connectivity index (χ4n) is 4.52. The summed E-state index contributed by atoms with van der Waals surface area (Å²) in [5.41, 5.74) is 4.64. The lowest BCUT2D eigenvalue weighted by Crippen LogP contribution is -2.38. The van der Waals surface area contributed by atoms with E-state index in [1.54, 1.807) is 28.0 Å². The summed E-state index contributed by atoms with van der Waals surface area (Å²) in [4.78, 5) is 12.9. The zero-order valence-corrected chi connectivity index (χ0v) is 21.7. The number of hydrogen-bond donors (Lipinski definition) is 1.